The number of nitrogens with one attached hydrogen (secondary N) is 2. The molecule has 4 aromatic rings. The predicted octanol–water partition coefficient (Wildman–Crippen LogP) is 6.98. The number of hydrogen-bond donors (Lipinski definition) is 3. The molecular weight excluding hydrogens is 922 g/mol. The van der Waals surface area contributed by atoms with Crippen molar-refractivity contribution >= 4 is 59.8 Å². The van der Waals surface area contributed by atoms with Crippen LogP contribution in [-0.4, -0.2) is 84.8 Å². The highest BCUT2D eigenvalue weighted by molar-refractivity contribution is 7.93. The normalized spacial score (nSPS) is 20.3. The first-order valence-corrected chi connectivity index (χ1v) is 23.3. The van der Waals surface area contributed by atoms with Crippen LogP contribution in [0, 0.1) is 35.3 Å². The maximum Gasteiger partial charge on any atom is 0.292 e. The number of amides is 1. The number of anilines is 1. The lowest BCUT2D eigenvalue weighted by Crippen LogP contribution is -2.35. The number of halogens is 9. The van der Waals surface area contributed by atoms with Crippen molar-refractivity contribution in [2.75, 3.05) is 17.5 Å². The van der Waals surface area contributed by atoms with E-state index >= 15 is 8.78 Å². The minimum atomic E-state index is -4.04. The quantitative estimate of drug-likeness (QED) is 0.0896. The maximum atomic E-state index is 15.3. The van der Waals surface area contributed by atoms with Crippen molar-refractivity contribution < 1.29 is 56.8 Å². The molecule has 2 aromatic carbocycles. The van der Waals surface area contributed by atoms with Gasteiger partial charge >= 0.3 is 0 Å². The summed E-state index contributed by atoms with van der Waals surface area (Å²) in [6, 6.07) is 6.23. The van der Waals surface area contributed by atoms with E-state index in [2.05, 4.69) is 37.0 Å². The predicted molar refractivity (Wildman–Crippen MR) is 222 cm³/mol. The van der Waals surface area contributed by atoms with E-state index in [0.717, 1.165) is 23.1 Å². The summed E-state index contributed by atoms with van der Waals surface area (Å²) in [4.78, 5) is 22.2. The van der Waals surface area contributed by atoms with Gasteiger partial charge in [0.15, 0.2) is 15.7 Å². The SMILES string of the molecule is CC(C)(C#Cc1ccc(-c2ccc(Cl)c3c(NS(=O)(=O)C4CC4)nn(CC(F)F)c23)c([C@H](Cc2cc(F)cc(F)c2)NC(=O)CN=C2/C(=C(\N)C(F)F)[C@H]3C[C@H]3C2(F)F)n1)S(C)(=O)=O. The fraction of sp³-hybridized carbons (Fsp3) is 0.415. The van der Waals surface area contributed by atoms with E-state index < -0.39 is 121 Å². The molecule has 64 heavy (non-hydrogen) atoms. The van der Waals surface area contributed by atoms with Crippen molar-refractivity contribution in [1.82, 2.24) is 20.1 Å². The molecule has 0 spiro atoms. The zero-order valence-electron chi connectivity index (χ0n) is 33.9. The fourth-order valence-corrected chi connectivity index (χ4v) is 9.26. The standard InChI is InChI=1S/C41H38ClF8N7O5S2/c1-40(2,63(3,59)60)11-10-22-4-7-24(25-8-9-28(42)33-36(25)57(18-30(45)46)55-39(33)56-64(61,62)23-5-6-23)35(53-22)29(14-19-12-20(43)15-21(44)13-19)54-31(58)17-52-37-32(34(51)38(47)48)26-16-27(26)41(37,49)50/h4,7-9,12-13,15,23,26-27,29-30,38H,5-6,14,16-18,51H2,1-3H3,(H,54,58)(H,55,56)/b34-32-,52-37?/t26-,27+,29-/m0/s1. The fourth-order valence-electron chi connectivity index (χ4n) is 7.45. The monoisotopic (exact) mass is 959 g/mol. The summed E-state index contributed by atoms with van der Waals surface area (Å²) in [5.74, 6) is -4.33. The number of benzene rings is 2. The highest BCUT2D eigenvalue weighted by atomic mass is 35.5. The third kappa shape index (κ3) is 9.42. The second-order valence-corrected chi connectivity index (χ2v) is 21.2. The van der Waals surface area contributed by atoms with Crippen LogP contribution in [0.15, 0.2) is 58.7 Å². The van der Waals surface area contributed by atoms with Gasteiger partial charge in [0.1, 0.15) is 40.9 Å². The number of sulfonamides is 1. The van der Waals surface area contributed by atoms with E-state index in [0.29, 0.717) is 18.9 Å². The van der Waals surface area contributed by atoms with Crippen molar-refractivity contribution in [3.63, 3.8) is 0 Å². The van der Waals surface area contributed by atoms with Crippen LogP contribution in [0.1, 0.15) is 56.1 Å². The largest absolute Gasteiger partial charge is 0.397 e. The van der Waals surface area contributed by atoms with Crippen molar-refractivity contribution in [3.05, 3.63) is 87.3 Å². The number of aliphatic imine (C=N–C) groups is 1. The molecule has 3 aliphatic rings. The molecule has 0 unspecified atom stereocenters. The van der Waals surface area contributed by atoms with Crippen molar-refractivity contribution in [2.24, 2.45) is 22.6 Å². The summed E-state index contributed by atoms with van der Waals surface area (Å²) in [6.45, 7) is 0.477. The molecule has 2 heterocycles. The maximum absolute atomic E-state index is 15.3. The van der Waals surface area contributed by atoms with Gasteiger partial charge in [-0.15, -0.1) is 0 Å². The van der Waals surface area contributed by atoms with Crippen LogP contribution in [0.3, 0.4) is 0 Å². The van der Waals surface area contributed by atoms with E-state index in [4.69, 9.17) is 17.3 Å². The molecule has 342 valence electrons. The first-order valence-electron chi connectivity index (χ1n) is 19.5. The minimum Gasteiger partial charge on any atom is -0.397 e. The molecule has 7 rings (SSSR count). The smallest absolute Gasteiger partial charge is 0.292 e. The lowest BCUT2D eigenvalue weighted by molar-refractivity contribution is -0.120. The van der Waals surface area contributed by atoms with Gasteiger partial charge in [0.05, 0.1) is 38.6 Å². The zero-order chi connectivity index (χ0) is 46.8. The lowest BCUT2D eigenvalue weighted by atomic mass is 9.93. The zero-order valence-corrected chi connectivity index (χ0v) is 36.3. The average Bonchev–Trinajstić information content (AvgIpc) is 4.11. The van der Waals surface area contributed by atoms with Crippen LogP contribution in [-0.2, 0) is 37.6 Å². The molecule has 3 aliphatic carbocycles. The Bertz CT molecular complexity index is 2910. The number of pyridine rings is 1. The molecule has 12 nitrogen and oxygen atoms in total. The molecule has 3 atom stereocenters. The van der Waals surface area contributed by atoms with Gasteiger partial charge in [-0.1, -0.05) is 23.6 Å². The number of aromatic nitrogens is 3. The number of carbonyl (C=O) groups excluding carboxylic acids is 1. The Morgan fingerprint density at radius 1 is 1.05 bits per heavy atom. The number of nitrogens with two attached hydrogens (primary N) is 1. The number of alkyl halides is 6. The number of sulfone groups is 1. The van der Waals surface area contributed by atoms with Crippen LogP contribution in [0.5, 0.6) is 0 Å². The number of carbonyl (C=O) groups is 1. The van der Waals surface area contributed by atoms with Gasteiger partial charge in [-0.3, -0.25) is 19.2 Å². The van der Waals surface area contributed by atoms with Gasteiger partial charge in [-0.05, 0) is 87.3 Å². The summed E-state index contributed by atoms with van der Waals surface area (Å²) in [7, 11) is -7.83. The van der Waals surface area contributed by atoms with Crippen molar-refractivity contribution in [3.8, 4) is 23.0 Å². The second-order valence-electron chi connectivity index (χ2n) is 16.3. The van der Waals surface area contributed by atoms with E-state index in [9.17, 15) is 48.0 Å². The lowest BCUT2D eigenvalue weighted by Gasteiger charge is -2.23. The van der Waals surface area contributed by atoms with Gasteiger partial charge in [-0.2, -0.15) is 13.9 Å². The van der Waals surface area contributed by atoms with Crippen molar-refractivity contribution in [1.29, 1.82) is 0 Å². The number of allylic oxidation sites excluding steroid dienone is 2. The molecule has 0 radical (unpaired) electrons. The second kappa shape index (κ2) is 16.9. The third-order valence-corrected chi connectivity index (χ3v) is 15.2. The number of rotatable bonds is 14. The number of hydrogen-bond acceptors (Lipinski definition) is 9. The molecule has 0 aliphatic heterocycles. The summed E-state index contributed by atoms with van der Waals surface area (Å²) < 4.78 is 168. The van der Waals surface area contributed by atoms with E-state index in [1.54, 1.807) is 0 Å². The first kappa shape index (κ1) is 46.7. The molecular formula is C41H38ClF8N7O5S2. The van der Waals surface area contributed by atoms with E-state index in [1.165, 1.54) is 38.1 Å². The summed E-state index contributed by atoms with van der Waals surface area (Å²) in [5, 5.41) is 5.73. The van der Waals surface area contributed by atoms with Gasteiger partial charge < -0.3 is 11.1 Å². The molecule has 0 bridgehead atoms. The highest BCUT2D eigenvalue weighted by Gasteiger charge is 2.67. The Morgan fingerprint density at radius 3 is 2.31 bits per heavy atom. The van der Waals surface area contributed by atoms with Crippen LogP contribution in [0.2, 0.25) is 5.02 Å². The van der Waals surface area contributed by atoms with Gasteiger partial charge in [0.2, 0.25) is 15.9 Å². The Hall–Kier alpha value is -5.27. The van der Waals surface area contributed by atoms with Crippen LogP contribution < -0.4 is 15.8 Å². The van der Waals surface area contributed by atoms with Gasteiger partial charge in [0, 0.05) is 34.9 Å². The highest BCUT2D eigenvalue weighted by Crippen LogP contribution is 2.62. The van der Waals surface area contributed by atoms with E-state index in [-0.39, 0.29) is 56.2 Å². The van der Waals surface area contributed by atoms with Crippen molar-refractivity contribution in [2.45, 2.75) is 80.9 Å². The van der Waals surface area contributed by atoms with E-state index in [1.807, 2.05) is 0 Å². The topological polar surface area (TPSA) is 178 Å². The number of fused-ring (bicyclic) bond motifs is 2. The summed E-state index contributed by atoms with van der Waals surface area (Å²) in [6.07, 6.45) is -5.33. The van der Waals surface area contributed by atoms with Gasteiger partial charge in [0.25, 0.3) is 18.8 Å². The Labute approximate surface area is 366 Å². The third-order valence-electron chi connectivity index (χ3n) is 11.1. The van der Waals surface area contributed by atoms with Crippen LogP contribution in [0.4, 0.5) is 40.9 Å². The molecule has 0 saturated heterocycles. The average molecular weight is 960 g/mol. The molecule has 4 N–H and O–H groups in total. The molecule has 23 heteroatoms. The van der Waals surface area contributed by atoms with Crippen LogP contribution in [0.25, 0.3) is 22.0 Å². The molecule has 3 fully saturated rings. The Kier molecular flexibility index (Phi) is 12.4. The number of nitrogens with zero attached hydrogens (tertiary/aromatic N) is 4. The molecule has 3 saturated carbocycles. The molecule has 1 amide bonds. The Morgan fingerprint density at radius 2 is 1.70 bits per heavy atom. The Balaban J connectivity index is 1.42. The first-order chi connectivity index (χ1) is 29.8. The molecule has 2 aromatic heterocycles. The van der Waals surface area contributed by atoms with Gasteiger partial charge in [-0.25, -0.2) is 48.2 Å². The summed E-state index contributed by atoms with van der Waals surface area (Å²) in [5.41, 5.74) is 2.21. The van der Waals surface area contributed by atoms with Crippen LogP contribution >= 0.6 is 11.6 Å². The summed E-state index contributed by atoms with van der Waals surface area (Å²) >= 11 is 6.61. The minimum absolute atomic E-state index is 0.00700.